The lowest BCUT2D eigenvalue weighted by Gasteiger charge is -2.09. The van der Waals surface area contributed by atoms with Crippen molar-refractivity contribution in [3.63, 3.8) is 0 Å². The Labute approximate surface area is 90.2 Å². The first kappa shape index (κ1) is 12.0. The van der Waals surface area contributed by atoms with Gasteiger partial charge < -0.3 is 10.5 Å². The smallest absolute Gasteiger partial charge is 0.165 e. The average molecular weight is 211 g/mol. The monoisotopic (exact) mass is 211 g/mol. The second-order valence-corrected chi connectivity index (χ2v) is 3.90. The number of nitrogens with two attached hydrogens (primary N) is 1. The van der Waals surface area contributed by atoms with E-state index in [-0.39, 0.29) is 11.9 Å². The van der Waals surface area contributed by atoms with Gasteiger partial charge in [-0.1, -0.05) is 6.07 Å². The van der Waals surface area contributed by atoms with Crippen molar-refractivity contribution in [1.82, 2.24) is 0 Å². The number of rotatable bonds is 5. The van der Waals surface area contributed by atoms with Gasteiger partial charge in [-0.15, -0.1) is 0 Å². The van der Waals surface area contributed by atoms with Crippen molar-refractivity contribution in [2.45, 2.75) is 32.7 Å². The van der Waals surface area contributed by atoms with Gasteiger partial charge in [-0.2, -0.15) is 0 Å². The summed E-state index contributed by atoms with van der Waals surface area (Å²) in [6.45, 7) is 4.38. The summed E-state index contributed by atoms with van der Waals surface area (Å²) in [7, 11) is 0. The van der Waals surface area contributed by atoms with Gasteiger partial charge in [0.2, 0.25) is 0 Å². The Bertz CT molecular complexity index is 312. The molecule has 0 radical (unpaired) electrons. The molecule has 0 aliphatic rings. The zero-order chi connectivity index (χ0) is 11.3. The van der Waals surface area contributed by atoms with Gasteiger partial charge in [-0.05, 0) is 44.4 Å². The van der Waals surface area contributed by atoms with E-state index in [4.69, 9.17) is 10.5 Å². The molecule has 3 heteroatoms. The molecule has 84 valence electrons. The van der Waals surface area contributed by atoms with E-state index in [9.17, 15) is 4.39 Å². The third-order valence-corrected chi connectivity index (χ3v) is 2.15. The van der Waals surface area contributed by atoms with Crippen LogP contribution in [-0.2, 0) is 0 Å². The molecule has 1 aromatic rings. The van der Waals surface area contributed by atoms with Gasteiger partial charge in [0.1, 0.15) is 0 Å². The van der Waals surface area contributed by atoms with Crippen LogP contribution in [0.4, 0.5) is 4.39 Å². The molecule has 0 fully saturated rings. The van der Waals surface area contributed by atoms with Crippen LogP contribution in [0, 0.1) is 12.7 Å². The first-order valence-corrected chi connectivity index (χ1v) is 5.24. The van der Waals surface area contributed by atoms with Crippen molar-refractivity contribution in [3.8, 4) is 5.75 Å². The Morgan fingerprint density at radius 3 is 2.87 bits per heavy atom. The zero-order valence-electron chi connectivity index (χ0n) is 9.29. The third kappa shape index (κ3) is 4.30. The predicted octanol–water partition coefficient (Wildman–Crippen LogP) is 2.64. The summed E-state index contributed by atoms with van der Waals surface area (Å²) in [5, 5.41) is 0. The van der Waals surface area contributed by atoms with Gasteiger partial charge >= 0.3 is 0 Å². The molecule has 0 aliphatic carbocycles. The Morgan fingerprint density at radius 2 is 2.20 bits per heavy atom. The van der Waals surface area contributed by atoms with E-state index in [2.05, 4.69) is 0 Å². The lowest BCUT2D eigenvalue weighted by Crippen LogP contribution is -2.15. The normalized spacial score (nSPS) is 12.5. The minimum Gasteiger partial charge on any atom is -0.491 e. The molecule has 0 bridgehead atoms. The molecule has 0 amide bonds. The van der Waals surface area contributed by atoms with Crippen LogP contribution in [-0.4, -0.2) is 12.6 Å². The summed E-state index contributed by atoms with van der Waals surface area (Å²) in [6, 6.07) is 5.04. The minimum atomic E-state index is -0.304. The second-order valence-electron chi connectivity index (χ2n) is 3.90. The Balaban J connectivity index is 2.40. The third-order valence-electron chi connectivity index (χ3n) is 2.15. The van der Waals surface area contributed by atoms with Crippen LogP contribution in [0.1, 0.15) is 25.3 Å². The lowest BCUT2D eigenvalue weighted by molar-refractivity contribution is 0.288. The molecule has 0 saturated carbocycles. The molecule has 2 N–H and O–H groups in total. The van der Waals surface area contributed by atoms with Gasteiger partial charge in [0, 0.05) is 6.04 Å². The van der Waals surface area contributed by atoms with Crippen LogP contribution in [0.5, 0.6) is 5.75 Å². The standard InChI is InChI=1S/C12H18FNO/c1-9-5-6-11(13)12(8-9)15-7-3-4-10(2)14/h5-6,8,10H,3-4,7,14H2,1-2H3. The van der Waals surface area contributed by atoms with Crippen LogP contribution in [0.25, 0.3) is 0 Å². The molecular formula is C12H18FNO. The Hall–Kier alpha value is -1.09. The largest absolute Gasteiger partial charge is 0.491 e. The summed E-state index contributed by atoms with van der Waals surface area (Å²) in [5.41, 5.74) is 6.59. The van der Waals surface area contributed by atoms with Crippen LogP contribution in [0.15, 0.2) is 18.2 Å². The Morgan fingerprint density at radius 1 is 1.47 bits per heavy atom. The quantitative estimate of drug-likeness (QED) is 0.760. The number of hydrogen-bond donors (Lipinski definition) is 1. The highest BCUT2D eigenvalue weighted by Gasteiger charge is 2.03. The van der Waals surface area contributed by atoms with Crippen molar-refractivity contribution >= 4 is 0 Å². The van der Waals surface area contributed by atoms with Crippen LogP contribution < -0.4 is 10.5 Å². The van der Waals surface area contributed by atoms with E-state index in [0.717, 1.165) is 18.4 Å². The van der Waals surface area contributed by atoms with Gasteiger partial charge in [-0.25, -0.2) is 4.39 Å². The van der Waals surface area contributed by atoms with Gasteiger partial charge in [-0.3, -0.25) is 0 Å². The van der Waals surface area contributed by atoms with Gasteiger partial charge in [0.05, 0.1) is 6.61 Å². The van der Waals surface area contributed by atoms with Gasteiger partial charge in [0.15, 0.2) is 11.6 Å². The molecule has 1 rings (SSSR count). The molecule has 0 saturated heterocycles. The summed E-state index contributed by atoms with van der Waals surface area (Å²) in [6.07, 6.45) is 1.75. The fourth-order valence-corrected chi connectivity index (χ4v) is 1.31. The lowest BCUT2D eigenvalue weighted by atomic mass is 10.2. The minimum absolute atomic E-state index is 0.177. The van der Waals surface area contributed by atoms with E-state index in [1.54, 1.807) is 12.1 Å². The molecule has 0 spiro atoms. The second kappa shape index (κ2) is 5.71. The molecule has 1 unspecified atom stereocenters. The van der Waals surface area contributed by atoms with Crippen molar-refractivity contribution in [2.24, 2.45) is 5.73 Å². The van der Waals surface area contributed by atoms with Crippen molar-refractivity contribution in [1.29, 1.82) is 0 Å². The van der Waals surface area contributed by atoms with Crippen LogP contribution in [0.3, 0.4) is 0 Å². The number of halogens is 1. The summed E-state index contributed by atoms with van der Waals surface area (Å²) >= 11 is 0. The molecule has 0 aromatic heterocycles. The highest BCUT2D eigenvalue weighted by molar-refractivity contribution is 5.29. The highest BCUT2D eigenvalue weighted by Crippen LogP contribution is 2.18. The molecule has 0 heterocycles. The molecule has 0 aliphatic heterocycles. The molecular weight excluding hydrogens is 193 g/mol. The van der Waals surface area contributed by atoms with E-state index in [1.807, 2.05) is 13.8 Å². The maximum Gasteiger partial charge on any atom is 0.165 e. The maximum atomic E-state index is 13.2. The van der Waals surface area contributed by atoms with Crippen molar-refractivity contribution in [2.75, 3.05) is 6.61 Å². The first-order valence-electron chi connectivity index (χ1n) is 5.24. The Kier molecular flexibility index (Phi) is 4.56. The summed E-state index contributed by atoms with van der Waals surface area (Å²) in [5.74, 6) is 0.0288. The molecule has 1 atom stereocenters. The van der Waals surface area contributed by atoms with E-state index in [0.29, 0.717) is 12.4 Å². The molecule has 15 heavy (non-hydrogen) atoms. The first-order chi connectivity index (χ1) is 7.09. The molecule has 1 aromatic carbocycles. The molecule has 2 nitrogen and oxygen atoms in total. The maximum absolute atomic E-state index is 13.2. The fraction of sp³-hybridized carbons (Fsp3) is 0.500. The van der Waals surface area contributed by atoms with Gasteiger partial charge in [0.25, 0.3) is 0 Å². The average Bonchev–Trinajstić information content (AvgIpc) is 2.17. The number of hydrogen-bond acceptors (Lipinski definition) is 2. The summed E-state index contributed by atoms with van der Waals surface area (Å²) in [4.78, 5) is 0. The van der Waals surface area contributed by atoms with Crippen molar-refractivity contribution < 1.29 is 9.13 Å². The van der Waals surface area contributed by atoms with E-state index >= 15 is 0 Å². The number of aryl methyl sites for hydroxylation is 1. The van der Waals surface area contributed by atoms with Crippen molar-refractivity contribution in [3.05, 3.63) is 29.6 Å². The predicted molar refractivity (Wildman–Crippen MR) is 59.5 cm³/mol. The zero-order valence-corrected chi connectivity index (χ0v) is 9.29. The highest BCUT2D eigenvalue weighted by atomic mass is 19.1. The SMILES string of the molecule is Cc1ccc(F)c(OCCCC(C)N)c1. The van der Waals surface area contributed by atoms with E-state index < -0.39 is 0 Å². The number of benzene rings is 1. The van der Waals surface area contributed by atoms with Crippen LogP contribution >= 0.6 is 0 Å². The topological polar surface area (TPSA) is 35.2 Å². The fourth-order valence-electron chi connectivity index (χ4n) is 1.31. The summed E-state index contributed by atoms with van der Waals surface area (Å²) < 4.78 is 18.5. The number of ether oxygens (including phenoxy) is 1. The van der Waals surface area contributed by atoms with E-state index in [1.165, 1.54) is 6.07 Å². The van der Waals surface area contributed by atoms with Crippen LogP contribution in [0.2, 0.25) is 0 Å².